The lowest BCUT2D eigenvalue weighted by atomic mass is 9.82. The molecule has 0 aromatic heterocycles. The number of carboxylic acids is 2. The van der Waals surface area contributed by atoms with Crippen LogP contribution >= 0.6 is 11.6 Å². The Labute approximate surface area is 136 Å². The summed E-state index contributed by atoms with van der Waals surface area (Å²) in [5.41, 5.74) is 0.166. The lowest BCUT2D eigenvalue weighted by Gasteiger charge is -2.24. The molecule has 1 saturated carbocycles. The van der Waals surface area contributed by atoms with Crippen molar-refractivity contribution >= 4 is 35.1 Å². The minimum Gasteiger partial charge on any atom is -0.481 e. The smallest absolute Gasteiger partial charge is 0.335 e. The molecule has 1 aromatic rings. The van der Waals surface area contributed by atoms with E-state index in [1.807, 2.05) is 12.2 Å². The number of halogens is 1. The van der Waals surface area contributed by atoms with Gasteiger partial charge >= 0.3 is 11.9 Å². The Balaban J connectivity index is 1.85. The molecule has 120 valence electrons. The van der Waals surface area contributed by atoms with Crippen LogP contribution in [0, 0.1) is 23.7 Å². The number of allylic oxidation sites excluding steroid dienone is 2. The largest absolute Gasteiger partial charge is 0.481 e. The molecule has 2 aliphatic rings. The summed E-state index contributed by atoms with van der Waals surface area (Å²) in [6.45, 7) is 0. The van der Waals surface area contributed by atoms with Gasteiger partial charge in [0.05, 0.1) is 28.1 Å². The van der Waals surface area contributed by atoms with Gasteiger partial charge in [0.1, 0.15) is 0 Å². The highest BCUT2D eigenvalue weighted by atomic mass is 35.5. The van der Waals surface area contributed by atoms with Gasteiger partial charge in [0.2, 0.25) is 5.91 Å². The maximum Gasteiger partial charge on any atom is 0.335 e. The maximum atomic E-state index is 12.5. The monoisotopic (exact) mass is 335 g/mol. The molecule has 0 spiro atoms. The fourth-order valence-electron chi connectivity index (χ4n) is 3.49. The molecule has 3 N–H and O–H groups in total. The van der Waals surface area contributed by atoms with E-state index in [2.05, 4.69) is 5.32 Å². The number of fused-ring (bicyclic) bond motifs is 2. The van der Waals surface area contributed by atoms with Crippen LogP contribution in [0.15, 0.2) is 30.4 Å². The van der Waals surface area contributed by atoms with Gasteiger partial charge in [-0.3, -0.25) is 9.59 Å². The molecule has 23 heavy (non-hydrogen) atoms. The third-order valence-corrected chi connectivity index (χ3v) is 4.85. The fourth-order valence-corrected chi connectivity index (χ4v) is 3.65. The summed E-state index contributed by atoms with van der Waals surface area (Å²) in [7, 11) is 0. The quantitative estimate of drug-likeness (QED) is 0.733. The normalized spacial score (nSPS) is 27.9. The maximum absolute atomic E-state index is 12.5. The first-order chi connectivity index (χ1) is 10.9. The van der Waals surface area contributed by atoms with Crippen LogP contribution in [0.3, 0.4) is 0 Å². The molecule has 0 heterocycles. The van der Waals surface area contributed by atoms with Crippen LogP contribution in [0.25, 0.3) is 0 Å². The van der Waals surface area contributed by atoms with Gasteiger partial charge in [-0.15, -0.1) is 0 Å². The standard InChI is InChI=1S/C16H14ClNO5/c17-10-4-3-9(15(20)21)6-11(10)18-14(19)12-7-1-2-8(5-7)13(12)16(22)23/h1-4,6-8,12-13H,5H2,(H,18,19)(H,20,21)(H,22,23)/t7-,8-,12+,13+/m0/s1. The van der Waals surface area contributed by atoms with Crippen molar-refractivity contribution in [3.63, 3.8) is 0 Å². The van der Waals surface area contributed by atoms with E-state index in [0.29, 0.717) is 6.42 Å². The lowest BCUT2D eigenvalue weighted by molar-refractivity contribution is -0.146. The Bertz CT molecular complexity index is 729. The zero-order valence-corrected chi connectivity index (χ0v) is 12.7. The van der Waals surface area contributed by atoms with E-state index in [4.69, 9.17) is 16.7 Å². The van der Waals surface area contributed by atoms with Crippen molar-refractivity contribution < 1.29 is 24.6 Å². The highest BCUT2D eigenvalue weighted by molar-refractivity contribution is 6.33. The number of nitrogens with one attached hydrogen (secondary N) is 1. The summed E-state index contributed by atoms with van der Waals surface area (Å²) in [4.78, 5) is 35.0. The molecule has 4 atom stereocenters. The molecule has 6 nitrogen and oxygen atoms in total. The molecule has 3 rings (SSSR count). The van der Waals surface area contributed by atoms with Crippen LogP contribution < -0.4 is 5.32 Å². The number of aromatic carboxylic acids is 1. The summed E-state index contributed by atoms with van der Waals surface area (Å²) in [5, 5.41) is 21.2. The molecule has 7 heteroatoms. The molecule has 1 amide bonds. The Kier molecular flexibility index (Phi) is 3.85. The average molecular weight is 336 g/mol. The third kappa shape index (κ3) is 2.70. The minimum atomic E-state index is -1.14. The van der Waals surface area contributed by atoms with Gasteiger partial charge in [-0.05, 0) is 36.5 Å². The van der Waals surface area contributed by atoms with Crippen LogP contribution in [0.2, 0.25) is 5.02 Å². The number of carbonyl (C=O) groups excluding carboxylic acids is 1. The average Bonchev–Trinajstić information content (AvgIpc) is 3.09. The Hall–Kier alpha value is -2.34. The van der Waals surface area contributed by atoms with E-state index in [0.717, 1.165) is 0 Å². The molecule has 2 aliphatic carbocycles. The van der Waals surface area contributed by atoms with Crippen molar-refractivity contribution in [2.45, 2.75) is 6.42 Å². The highest BCUT2D eigenvalue weighted by Gasteiger charge is 2.51. The second kappa shape index (κ2) is 5.70. The molecule has 1 aromatic carbocycles. The molecule has 0 aliphatic heterocycles. The zero-order valence-electron chi connectivity index (χ0n) is 11.9. The Morgan fingerprint density at radius 1 is 1.09 bits per heavy atom. The van der Waals surface area contributed by atoms with Crippen molar-refractivity contribution in [1.82, 2.24) is 0 Å². The molecule has 0 unspecified atom stereocenters. The van der Waals surface area contributed by atoms with E-state index in [-0.39, 0.29) is 28.1 Å². The summed E-state index contributed by atoms with van der Waals surface area (Å²) >= 11 is 5.99. The first kappa shape index (κ1) is 15.6. The first-order valence-electron chi connectivity index (χ1n) is 7.13. The minimum absolute atomic E-state index is 0.00711. The lowest BCUT2D eigenvalue weighted by Crippen LogP contribution is -2.36. The summed E-state index contributed by atoms with van der Waals surface area (Å²) in [6, 6.07) is 3.98. The van der Waals surface area contributed by atoms with Crippen LogP contribution in [0.1, 0.15) is 16.8 Å². The summed E-state index contributed by atoms with van der Waals surface area (Å²) < 4.78 is 0. The van der Waals surface area contributed by atoms with Gasteiger partial charge < -0.3 is 15.5 Å². The molecular formula is C16H14ClNO5. The number of carboxylic acid groups (broad SMARTS) is 2. The number of benzene rings is 1. The SMILES string of the molecule is O=C(O)c1ccc(Cl)c(NC(=O)[C@H]2[C@H](C(=O)O)[C@H]3C=C[C@H]2C3)c1. The first-order valence-corrected chi connectivity index (χ1v) is 7.51. The van der Waals surface area contributed by atoms with E-state index in [1.54, 1.807) is 0 Å². The van der Waals surface area contributed by atoms with Gasteiger partial charge in [-0.25, -0.2) is 4.79 Å². The van der Waals surface area contributed by atoms with E-state index in [1.165, 1.54) is 18.2 Å². The van der Waals surface area contributed by atoms with E-state index in [9.17, 15) is 19.5 Å². The molecule has 0 radical (unpaired) electrons. The van der Waals surface area contributed by atoms with E-state index < -0.39 is 29.7 Å². The highest BCUT2D eigenvalue weighted by Crippen LogP contribution is 2.48. The molecule has 1 fully saturated rings. The van der Waals surface area contributed by atoms with Crippen molar-refractivity contribution in [3.05, 3.63) is 40.9 Å². The van der Waals surface area contributed by atoms with Crippen molar-refractivity contribution in [1.29, 1.82) is 0 Å². The van der Waals surface area contributed by atoms with Crippen LogP contribution in [0.4, 0.5) is 5.69 Å². The molecule has 2 bridgehead atoms. The van der Waals surface area contributed by atoms with Gasteiger partial charge in [0.15, 0.2) is 0 Å². The summed E-state index contributed by atoms with van der Waals surface area (Å²) in [5.74, 6) is -4.25. The predicted molar refractivity (Wildman–Crippen MR) is 82.4 cm³/mol. The number of rotatable bonds is 4. The van der Waals surface area contributed by atoms with Gasteiger partial charge in [-0.1, -0.05) is 23.8 Å². The number of amides is 1. The Morgan fingerprint density at radius 3 is 2.35 bits per heavy atom. The van der Waals surface area contributed by atoms with Crippen molar-refractivity contribution in [2.24, 2.45) is 23.7 Å². The van der Waals surface area contributed by atoms with Crippen LogP contribution in [-0.2, 0) is 9.59 Å². The second-order valence-corrected chi connectivity index (χ2v) is 6.23. The van der Waals surface area contributed by atoms with Crippen molar-refractivity contribution in [3.8, 4) is 0 Å². The number of aliphatic carboxylic acids is 1. The van der Waals surface area contributed by atoms with Gasteiger partial charge in [0, 0.05) is 0 Å². The molecule has 0 saturated heterocycles. The number of hydrogen-bond acceptors (Lipinski definition) is 3. The van der Waals surface area contributed by atoms with Crippen LogP contribution in [-0.4, -0.2) is 28.1 Å². The number of hydrogen-bond donors (Lipinski definition) is 3. The van der Waals surface area contributed by atoms with Gasteiger partial charge in [0.25, 0.3) is 0 Å². The Morgan fingerprint density at radius 2 is 1.74 bits per heavy atom. The second-order valence-electron chi connectivity index (χ2n) is 5.83. The van der Waals surface area contributed by atoms with Gasteiger partial charge in [-0.2, -0.15) is 0 Å². The number of anilines is 1. The van der Waals surface area contributed by atoms with Crippen molar-refractivity contribution in [2.75, 3.05) is 5.32 Å². The van der Waals surface area contributed by atoms with Crippen LogP contribution in [0.5, 0.6) is 0 Å². The fraction of sp³-hybridized carbons (Fsp3) is 0.312. The predicted octanol–water partition coefficient (Wildman–Crippen LogP) is 2.50. The number of carbonyl (C=O) groups is 3. The third-order valence-electron chi connectivity index (χ3n) is 4.52. The summed E-state index contributed by atoms with van der Waals surface area (Å²) in [6.07, 6.45) is 4.38. The zero-order chi connectivity index (χ0) is 16.7. The topological polar surface area (TPSA) is 104 Å². The van der Waals surface area contributed by atoms with E-state index >= 15 is 0 Å². The molecular weight excluding hydrogens is 322 g/mol.